The zero-order valence-electron chi connectivity index (χ0n) is 34.2. The molecule has 0 atom stereocenters. The summed E-state index contributed by atoms with van der Waals surface area (Å²) in [5.74, 6) is -0.579. The molecule has 0 radical (unpaired) electrons. The van der Waals surface area contributed by atoms with Crippen LogP contribution in [0.1, 0.15) is 92.3 Å². The number of imidazole rings is 1. The number of aryl methyl sites for hydroxylation is 1. The van der Waals surface area contributed by atoms with Gasteiger partial charge in [0.15, 0.2) is 5.78 Å². The number of hydrogen-bond donors (Lipinski definition) is 2. The van der Waals surface area contributed by atoms with Crippen LogP contribution in [0.2, 0.25) is 0 Å². The quantitative estimate of drug-likeness (QED) is 0.144. The molecule has 0 aliphatic carbocycles. The number of nitrogens with one attached hydrogen (secondary N) is 2. The highest BCUT2D eigenvalue weighted by molar-refractivity contribution is 6.62. The first-order valence-corrected chi connectivity index (χ1v) is 20.1. The zero-order chi connectivity index (χ0) is 41.2. The van der Waals surface area contributed by atoms with E-state index in [1.807, 2.05) is 6.33 Å². The number of nitrogens with zero attached hydrogens (tertiary/aromatic N) is 4. The van der Waals surface area contributed by atoms with E-state index in [-0.39, 0.29) is 40.7 Å². The third-order valence-electron chi connectivity index (χ3n) is 11.5. The van der Waals surface area contributed by atoms with Crippen LogP contribution in [-0.4, -0.2) is 86.1 Å². The molecule has 302 valence electrons. The Morgan fingerprint density at radius 3 is 2.09 bits per heavy atom. The van der Waals surface area contributed by atoms with E-state index in [4.69, 9.17) is 9.31 Å². The summed E-state index contributed by atoms with van der Waals surface area (Å²) in [6.45, 7) is 19.2. The number of aromatic nitrogens is 4. The highest BCUT2D eigenvalue weighted by Crippen LogP contribution is 2.36. The van der Waals surface area contributed by atoms with Crippen LogP contribution in [0.3, 0.4) is 0 Å². The predicted molar refractivity (Wildman–Crippen MR) is 225 cm³/mol. The first-order valence-electron chi connectivity index (χ1n) is 20.1. The van der Waals surface area contributed by atoms with Gasteiger partial charge < -0.3 is 28.7 Å². The lowest BCUT2D eigenvalue weighted by Gasteiger charge is -2.34. The van der Waals surface area contributed by atoms with E-state index in [2.05, 4.69) is 95.1 Å². The molecular formula is C45H52BFN6O5. The topological polar surface area (TPSA) is 126 Å². The van der Waals surface area contributed by atoms with Crippen molar-refractivity contribution in [2.45, 2.75) is 78.2 Å². The minimum Gasteiger partial charge on any atom is -0.399 e. The Morgan fingerprint density at radius 1 is 0.828 bits per heavy atom. The maximum atomic E-state index is 13.4. The lowest BCUT2D eigenvalue weighted by molar-refractivity contribution is 0.00578. The number of aromatic amines is 2. The van der Waals surface area contributed by atoms with Crippen molar-refractivity contribution in [2.24, 2.45) is 0 Å². The Balaban J connectivity index is 0.943. The van der Waals surface area contributed by atoms with Gasteiger partial charge in [-0.15, -0.1) is 0 Å². The number of carbonyl (C=O) groups is 1. The molecule has 2 fully saturated rings. The van der Waals surface area contributed by atoms with Gasteiger partial charge in [-0.25, -0.2) is 9.37 Å². The number of benzene rings is 3. The lowest BCUT2D eigenvalue weighted by Crippen LogP contribution is -2.46. The summed E-state index contributed by atoms with van der Waals surface area (Å²) in [4.78, 5) is 54.4. The molecule has 58 heavy (non-hydrogen) atoms. The minimum atomic E-state index is -0.484. The molecular weight excluding hydrogens is 734 g/mol. The summed E-state index contributed by atoms with van der Waals surface area (Å²) < 4.78 is 27.9. The van der Waals surface area contributed by atoms with E-state index in [1.165, 1.54) is 35.9 Å². The van der Waals surface area contributed by atoms with Crippen LogP contribution in [0, 0.1) is 5.82 Å². The largest absolute Gasteiger partial charge is 0.494 e. The Hall–Kier alpha value is -5.21. The van der Waals surface area contributed by atoms with Gasteiger partial charge in [0.25, 0.3) is 11.1 Å². The van der Waals surface area contributed by atoms with E-state index in [9.17, 15) is 18.8 Å². The number of hydrogen-bond acceptors (Lipinski definition) is 8. The van der Waals surface area contributed by atoms with Gasteiger partial charge in [0.2, 0.25) is 0 Å². The molecule has 0 saturated carbocycles. The smallest absolute Gasteiger partial charge is 0.399 e. The standard InChI is InChI=1S/C45H52BFN6O5/c1-30(2)40-37(27-39-43(56)49-38(42(55)50-39)26-32-9-7-10-34(25-32)41(54)33-13-17-36(47)18-14-33)48-29-53(40)20-8-19-51-21-23-52(24-22-51)28-31-11-15-35(16-12-31)46-57-44(3,4)45(5,6)58-46/h7,9-18,25-27,29-30H,8,19-24,28H2,1-6H3,(H,49,56)(H,50,55)/b38-26-,39-27-. The Labute approximate surface area is 338 Å². The second-order valence-corrected chi connectivity index (χ2v) is 16.7. The number of ketones is 1. The van der Waals surface area contributed by atoms with Crippen molar-refractivity contribution in [2.75, 3.05) is 32.7 Å². The van der Waals surface area contributed by atoms with E-state index >= 15 is 0 Å². The fourth-order valence-corrected chi connectivity index (χ4v) is 7.51. The van der Waals surface area contributed by atoms with Crippen molar-refractivity contribution in [3.05, 3.63) is 150 Å². The number of piperazine rings is 1. The molecule has 2 aliphatic rings. The van der Waals surface area contributed by atoms with Gasteiger partial charge in [0.05, 0.1) is 23.2 Å². The first-order chi connectivity index (χ1) is 27.7. The van der Waals surface area contributed by atoms with Gasteiger partial charge >= 0.3 is 7.12 Å². The van der Waals surface area contributed by atoms with Crippen molar-refractivity contribution >= 4 is 30.5 Å². The molecule has 0 amide bonds. The molecule has 13 heteroatoms. The van der Waals surface area contributed by atoms with Crippen LogP contribution in [0.15, 0.2) is 88.7 Å². The Kier molecular flexibility index (Phi) is 12.0. The molecule has 2 aromatic heterocycles. The monoisotopic (exact) mass is 786 g/mol. The number of rotatable bonds is 12. The molecule has 7 rings (SSSR count). The second-order valence-electron chi connectivity index (χ2n) is 16.7. The Bertz CT molecular complexity index is 2480. The van der Waals surface area contributed by atoms with Crippen molar-refractivity contribution in [3.8, 4) is 0 Å². The fraction of sp³-hybridized carbons (Fsp3) is 0.378. The second kappa shape index (κ2) is 16.9. The van der Waals surface area contributed by atoms with Crippen LogP contribution in [-0.2, 0) is 22.4 Å². The maximum absolute atomic E-state index is 13.4. The van der Waals surface area contributed by atoms with Crippen molar-refractivity contribution < 1.29 is 18.5 Å². The van der Waals surface area contributed by atoms with Crippen LogP contribution in [0.25, 0.3) is 12.2 Å². The van der Waals surface area contributed by atoms with Gasteiger partial charge in [0.1, 0.15) is 16.5 Å². The number of halogens is 1. The summed E-state index contributed by atoms with van der Waals surface area (Å²) in [6, 6.07) is 20.6. The van der Waals surface area contributed by atoms with E-state index in [0.29, 0.717) is 22.4 Å². The average molecular weight is 787 g/mol. The fourth-order valence-electron chi connectivity index (χ4n) is 7.51. The van der Waals surface area contributed by atoms with Gasteiger partial charge in [-0.3, -0.25) is 19.3 Å². The summed E-state index contributed by atoms with van der Waals surface area (Å²) in [7, 11) is -0.350. The van der Waals surface area contributed by atoms with Gasteiger partial charge in [-0.1, -0.05) is 56.3 Å². The summed E-state index contributed by atoms with van der Waals surface area (Å²) >= 11 is 0. The highest BCUT2D eigenvalue weighted by atomic mass is 19.1. The number of carbonyl (C=O) groups excluding carboxylic acids is 1. The summed E-state index contributed by atoms with van der Waals surface area (Å²) in [5, 5.41) is 0.157. The predicted octanol–water partition coefficient (Wildman–Crippen LogP) is 3.92. The van der Waals surface area contributed by atoms with Crippen molar-refractivity contribution in [3.63, 3.8) is 0 Å². The summed E-state index contributed by atoms with van der Waals surface area (Å²) in [5.41, 5.74) is 3.56. The van der Waals surface area contributed by atoms with E-state index in [0.717, 1.165) is 63.4 Å². The SMILES string of the molecule is CC(C)c1c(/C=c2\[nH]c(=O)/c(=C/c3cccc(C(=O)c4ccc(F)cc4)c3)[nH]c2=O)ncn1CCCN1CCN(Cc2ccc(B3OC(C)(C)C(C)(C)O3)cc2)CC1. The van der Waals surface area contributed by atoms with E-state index < -0.39 is 16.9 Å². The van der Waals surface area contributed by atoms with Crippen molar-refractivity contribution in [1.29, 1.82) is 0 Å². The van der Waals surface area contributed by atoms with Gasteiger partial charge in [-0.2, -0.15) is 0 Å². The molecule has 2 aliphatic heterocycles. The normalized spacial score (nSPS) is 17.8. The van der Waals surface area contributed by atoms with Gasteiger partial charge in [0, 0.05) is 56.1 Å². The van der Waals surface area contributed by atoms with Crippen LogP contribution >= 0.6 is 0 Å². The van der Waals surface area contributed by atoms with Crippen LogP contribution in [0.5, 0.6) is 0 Å². The first kappa shape index (κ1) is 41.0. The molecule has 0 spiro atoms. The molecule has 11 nitrogen and oxygen atoms in total. The molecule has 2 N–H and O–H groups in total. The molecule has 4 heterocycles. The molecule has 3 aromatic carbocycles. The molecule has 0 bridgehead atoms. The Morgan fingerprint density at radius 2 is 1.45 bits per heavy atom. The van der Waals surface area contributed by atoms with Crippen LogP contribution in [0.4, 0.5) is 4.39 Å². The van der Waals surface area contributed by atoms with Crippen molar-refractivity contribution in [1.82, 2.24) is 29.3 Å². The van der Waals surface area contributed by atoms with Crippen LogP contribution < -0.4 is 27.3 Å². The minimum absolute atomic E-state index is 0.0526. The van der Waals surface area contributed by atoms with E-state index in [1.54, 1.807) is 30.3 Å². The third kappa shape index (κ3) is 9.23. The summed E-state index contributed by atoms with van der Waals surface area (Å²) in [6.07, 6.45) is 5.91. The highest BCUT2D eigenvalue weighted by Gasteiger charge is 2.51. The molecule has 0 unspecified atom stereocenters. The molecule has 2 saturated heterocycles. The third-order valence-corrected chi connectivity index (χ3v) is 11.5. The lowest BCUT2D eigenvalue weighted by atomic mass is 9.79. The molecule has 5 aromatic rings. The zero-order valence-corrected chi connectivity index (χ0v) is 34.2. The average Bonchev–Trinajstić information content (AvgIpc) is 3.69. The maximum Gasteiger partial charge on any atom is 0.494 e. The van der Waals surface area contributed by atoms with Gasteiger partial charge in [-0.05, 0) is 106 Å². The number of H-pyrrole nitrogens is 2.